The molecule has 0 atom stereocenters. The predicted molar refractivity (Wildman–Crippen MR) is 103 cm³/mol. The van der Waals surface area contributed by atoms with Crippen LogP contribution in [0, 0.1) is 0 Å². The number of ether oxygens (including phenoxy) is 3. The maximum absolute atomic E-state index is 12.4. The van der Waals surface area contributed by atoms with Crippen molar-refractivity contribution in [2.24, 2.45) is 0 Å². The molecule has 2 aromatic carbocycles. The summed E-state index contributed by atoms with van der Waals surface area (Å²) < 4.78 is 16.3. The summed E-state index contributed by atoms with van der Waals surface area (Å²) in [5.74, 6) is 1.81. The van der Waals surface area contributed by atoms with Gasteiger partial charge in [0, 0.05) is 17.7 Å². The quantitative estimate of drug-likeness (QED) is 0.692. The minimum Gasteiger partial charge on any atom is -0.494 e. The number of hydrogen-bond donors (Lipinski definition) is 1. The first kappa shape index (κ1) is 19.4. The average molecular weight is 355 g/mol. The number of carbonyl (C=O) groups excluding carboxylic acids is 1. The lowest BCUT2D eigenvalue weighted by molar-refractivity contribution is 0.0951. The lowest BCUT2D eigenvalue weighted by Crippen LogP contribution is -2.25. The number of carbonyl (C=O) groups is 1. The van der Waals surface area contributed by atoms with Gasteiger partial charge in [-0.1, -0.05) is 30.4 Å². The first-order chi connectivity index (χ1) is 12.7. The monoisotopic (exact) mass is 355 g/mol. The Hall–Kier alpha value is -2.95. The van der Waals surface area contributed by atoms with Crippen molar-refractivity contribution in [2.75, 3.05) is 27.4 Å². The van der Waals surface area contributed by atoms with E-state index < -0.39 is 0 Å². The van der Waals surface area contributed by atoms with Crippen LogP contribution in [-0.4, -0.2) is 33.3 Å². The Labute approximate surface area is 154 Å². The van der Waals surface area contributed by atoms with Gasteiger partial charge in [0.25, 0.3) is 5.91 Å². The Balaban J connectivity index is 1.93. The van der Waals surface area contributed by atoms with Crippen LogP contribution in [0.5, 0.6) is 17.2 Å². The van der Waals surface area contributed by atoms with Crippen LogP contribution in [0.2, 0.25) is 0 Å². The summed E-state index contributed by atoms with van der Waals surface area (Å²) in [5.41, 5.74) is 1.33. The molecule has 0 radical (unpaired) electrons. The number of rotatable bonds is 9. The SMILES string of the molecule is C/C=C/c1cc(C(=O)NCCCOc2ccccc2)cc(OC)c1OC. The molecule has 0 spiro atoms. The Morgan fingerprint density at radius 2 is 1.88 bits per heavy atom. The molecule has 0 aliphatic heterocycles. The summed E-state index contributed by atoms with van der Waals surface area (Å²) in [4.78, 5) is 12.4. The molecular formula is C21H25NO4. The molecule has 0 saturated carbocycles. The average Bonchev–Trinajstić information content (AvgIpc) is 2.68. The zero-order valence-corrected chi connectivity index (χ0v) is 15.5. The third kappa shape index (κ3) is 5.28. The van der Waals surface area contributed by atoms with E-state index in [0.717, 1.165) is 17.7 Å². The minimum atomic E-state index is -0.156. The fourth-order valence-corrected chi connectivity index (χ4v) is 2.51. The molecule has 0 aliphatic carbocycles. The van der Waals surface area contributed by atoms with Gasteiger partial charge in [-0.05, 0) is 37.6 Å². The van der Waals surface area contributed by atoms with Crippen LogP contribution in [0.3, 0.4) is 0 Å². The Kier molecular flexibility index (Phi) is 7.55. The molecule has 1 N–H and O–H groups in total. The Morgan fingerprint density at radius 1 is 1.12 bits per heavy atom. The van der Waals surface area contributed by atoms with Gasteiger partial charge in [-0.2, -0.15) is 0 Å². The lowest BCUT2D eigenvalue weighted by Gasteiger charge is -2.13. The van der Waals surface area contributed by atoms with Gasteiger partial charge >= 0.3 is 0 Å². The molecule has 26 heavy (non-hydrogen) atoms. The molecule has 0 aliphatic rings. The highest BCUT2D eigenvalue weighted by Gasteiger charge is 2.14. The third-order valence-electron chi connectivity index (χ3n) is 3.73. The minimum absolute atomic E-state index is 0.156. The maximum atomic E-state index is 12.4. The summed E-state index contributed by atoms with van der Waals surface area (Å²) in [6, 6.07) is 13.1. The zero-order chi connectivity index (χ0) is 18.8. The summed E-state index contributed by atoms with van der Waals surface area (Å²) in [6.45, 7) is 2.98. The van der Waals surface area contributed by atoms with E-state index in [1.165, 1.54) is 0 Å². The molecule has 2 aromatic rings. The van der Waals surface area contributed by atoms with E-state index in [4.69, 9.17) is 14.2 Å². The first-order valence-corrected chi connectivity index (χ1v) is 8.54. The van der Waals surface area contributed by atoms with Crippen molar-refractivity contribution >= 4 is 12.0 Å². The molecule has 0 bridgehead atoms. The van der Waals surface area contributed by atoms with Crippen molar-refractivity contribution in [2.45, 2.75) is 13.3 Å². The van der Waals surface area contributed by atoms with Crippen molar-refractivity contribution in [3.63, 3.8) is 0 Å². The van der Waals surface area contributed by atoms with E-state index in [1.807, 2.05) is 49.4 Å². The van der Waals surface area contributed by atoms with Crippen LogP contribution >= 0.6 is 0 Å². The van der Waals surface area contributed by atoms with Crippen molar-refractivity contribution in [1.82, 2.24) is 5.32 Å². The summed E-state index contributed by atoms with van der Waals surface area (Å²) in [7, 11) is 3.14. The Morgan fingerprint density at radius 3 is 2.54 bits per heavy atom. The van der Waals surface area contributed by atoms with Crippen LogP contribution in [0.4, 0.5) is 0 Å². The predicted octanol–water partition coefficient (Wildman–Crippen LogP) is 3.94. The zero-order valence-electron chi connectivity index (χ0n) is 15.5. The van der Waals surface area contributed by atoms with Crippen LogP contribution in [0.1, 0.15) is 29.3 Å². The van der Waals surface area contributed by atoms with Gasteiger partial charge in [0.15, 0.2) is 11.5 Å². The van der Waals surface area contributed by atoms with E-state index in [1.54, 1.807) is 26.4 Å². The van der Waals surface area contributed by atoms with Crippen LogP contribution < -0.4 is 19.5 Å². The van der Waals surface area contributed by atoms with Crippen molar-refractivity contribution in [1.29, 1.82) is 0 Å². The molecule has 0 saturated heterocycles. The first-order valence-electron chi connectivity index (χ1n) is 8.54. The number of allylic oxidation sites excluding steroid dienone is 1. The van der Waals surface area contributed by atoms with Crippen LogP contribution in [0.25, 0.3) is 6.08 Å². The molecule has 5 nitrogen and oxygen atoms in total. The van der Waals surface area contributed by atoms with E-state index >= 15 is 0 Å². The Bertz CT molecular complexity index is 741. The molecular weight excluding hydrogens is 330 g/mol. The largest absolute Gasteiger partial charge is 0.494 e. The molecule has 0 heterocycles. The van der Waals surface area contributed by atoms with Gasteiger partial charge in [0.2, 0.25) is 0 Å². The van der Waals surface area contributed by atoms with Gasteiger partial charge in [0.1, 0.15) is 5.75 Å². The smallest absolute Gasteiger partial charge is 0.251 e. The topological polar surface area (TPSA) is 56.8 Å². The highest BCUT2D eigenvalue weighted by molar-refractivity contribution is 5.95. The number of para-hydroxylation sites is 1. The van der Waals surface area contributed by atoms with E-state index in [2.05, 4.69) is 5.32 Å². The van der Waals surface area contributed by atoms with Gasteiger partial charge in [-0.15, -0.1) is 0 Å². The van der Waals surface area contributed by atoms with Crippen molar-refractivity contribution in [3.05, 3.63) is 59.7 Å². The molecule has 0 unspecified atom stereocenters. The summed E-state index contributed by atoms with van der Waals surface area (Å²) in [5, 5.41) is 2.90. The van der Waals surface area contributed by atoms with E-state index in [0.29, 0.717) is 30.2 Å². The molecule has 5 heteroatoms. The number of nitrogens with one attached hydrogen (secondary N) is 1. The fourth-order valence-electron chi connectivity index (χ4n) is 2.51. The second-order valence-electron chi connectivity index (χ2n) is 5.57. The van der Waals surface area contributed by atoms with Crippen molar-refractivity contribution in [3.8, 4) is 17.2 Å². The lowest BCUT2D eigenvalue weighted by atomic mass is 10.1. The second kappa shape index (κ2) is 10.1. The second-order valence-corrected chi connectivity index (χ2v) is 5.57. The number of hydrogen-bond acceptors (Lipinski definition) is 4. The molecule has 0 aromatic heterocycles. The van der Waals surface area contributed by atoms with Crippen LogP contribution in [-0.2, 0) is 0 Å². The summed E-state index contributed by atoms with van der Waals surface area (Å²) >= 11 is 0. The molecule has 138 valence electrons. The standard InChI is InChI=1S/C21H25NO4/c1-4-9-16-14-17(15-19(24-2)20(16)25-3)21(23)22-12-8-13-26-18-10-6-5-7-11-18/h4-7,9-11,14-15H,8,12-13H2,1-3H3,(H,22,23)/b9-4+. The highest BCUT2D eigenvalue weighted by Crippen LogP contribution is 2.33. The van der Waals surface area contributed by atoms with E-state index in [9.17, 15) is 4.79 Å². The molecule has 0 fully saturated rings. The van der Waals surface area contributed by atoms with E-state index in [-0.39, 0.29) is 5.91 Å². The molecule has 1 amide bonds. The summed E-state index contributed by atoms with van der Waals surface area (Å²) in [6.07, 6.45) is 4.49. The number of amides is 1. The molecule has 2 rings (SSSR count). The highest BCUT2D eigenvalue weighted by atomic mass is 16.5. The third-order valence-corrected chi connectivity index (χ3v) is 3.73. The van der Waals surface area contributed by atoms with Crippen molar-refractivity contribution < 1.29 is 19.0 Å². The van der Waals surface area contributed by atoms with Gasteiger partial charge in [-0.3, -0.25) is 4.79 Å². The number of benzene rings is 2. The fraction of sp³-hybridized carbons (Fsp3) is 0.286. The maximum Gasteiger partial charge on any atom is 0.251 e. The van der Waals surface area contributed by atoms with Gasteiger partial charge < -0.3 is 19.5 Å². The number of methoxy groups -OCH3 is 2. The normalized spacial score (nSPS) is 10.6. The van der Waals surface area contributed by atoms with Crippen LogP contribution in [0.15, 0.2) is 48.5 Å². The van der Waals surface area contributed by atoms with Gasteiger partial charge in [0.05, 0.1) is 20.8 Å². The van der Waals surface area contributed by atoms with Gasteiger partial charge in [-0.25, -0.2) is 0 Å².